The van der Waals surface area contributed by atoms with Gasteiger partial charge in [-0.05, 0) is 37.0 Å². The van der Waals surface area contributed by atoms with E-state index in [0.717, 1.165) is 30.9 Å². The van der Waals surface area contributed by atoms with Crippen molar-refractivity contribution in [3.63, 3.8) is 0 Å². The van der Waals surface area contributed by atoms with Gasteiger partial charge in [0.25, 0.3) is 0 Å². The zero-order valence-electron chi connectivity index (χ0n) is 8.21. The Kier molecular flexibility index (Phi) is 5.16. The van der Waals surface area contributed by atoms with E-state index in [1.165, 1.54) is 11.8 Å². The fourth-order valence-corrected chi connectivity index (χ4v) is 1.37. The highest BCUT2D eigenvalue weighted by Crippen LogP contribution is 2.11. The van der Waals surface area contributed by atoms with Gasteiger partial charge in [-0.1, -0.05) is 30.3 Å². The van der Waals surface area contributed by atoms with Crippen LogP contribution in [0.4, 0.5) is 0 Å². The van der Waals surface area contributed by atoms with Crippen molar-refractivity contribution >= 4 is 11.6 Å². The maximum Gasteiger partial charge on any atom is 0.0873 e. The minimum Gasteiger partial charge on any atom is -0.502 e. The molecule has 1 nitrogen and oxygen atoms in total. The molecule has 0 fully saturated rings. The monoisotopic (exact) mass is 210 g/mol. The molecule has 0 saturated carbocycles. The van der Waals surface area contributed by atoms with E-state index in [4.69, 9.17) is 16.3 Å². The molecule has 1 aromatic carbocycles. The van der Waals surface area contributed by atoms with E-state index >= 15 is 0 Å². The number of ether oxygens (including phenoxy) is 1. The van der Waals surface area contributed by atoms with E-state index in [9.17, 15) is 0 Å². The Morgan fingerprint density at radius 3 is 2.57 bits per heavy atom. The molecule has 0 unspecified atom stereocenters. The molecule has 0 N–H and O–H groups in total. The Bertz CT molecular complexity index is 266. The van der Waals surface area contributed by atoms with Crippen LogP contribution in [-0.4, -0.2) is 6.61 Å². The lowest BCUT2D eigenvalue weighted by atomic mass is 10.1. The maximum absolute atomic E-state index is 5.78. The molecule has 0 saturated heterocycles. The minimum atomic E-state index is 0.761. The van der Waals surface area contributed by atoms with Crippen LogP contribution in [0.25, 0.3) is 0 Å². The first-order valence-corrected chi connectivity index (χ1v) is 5.17. The molecular formula is C12H15ClO. The van der Waals surface area contributed by atoms with Crippen LogP contribution in [0.2, 0.25) is 5.02 Å². The zero-order chi connectivity index (χ0) is 10.2. The van der Waals surface area contributed by atoms with E-state index in [1.807, 2.05) is 12.1 Å². The topological polar surface area (TPSA) is 9.23 Å². The van der Waals surface area contributed by atoms with E-state index in [0.29, 0.717) is 0 Å². The standard InChI is InChI=1S/C12H15ClO/c1-2-14-10-4-3-5-11-6-8-12(13)9-7-11/h2,6-9H,1,3-5,10H2. The first kappa shape index (κ1) is 11.1. The van der Waals surface area contributed by atoms with E-state index in [-0.39, 0.29) is 0 Å². The highest BCUT2D eigenvalue weighted by atomic mass is 35.5. The SMILES string of the molecule is C=COCCCCc1ccc(Cl)cc1. The number of hydrogen-bond acceptors (Lipinski definition) is 1. The van der Waals surface area contributed by atoms with Crippen LogP contribution in [-0.2, 0) is 11.2 Å². The normalized spacial score (nSPS) is 9.79. The van der Waals surface area contributed by atoms with Crippen LogP contribution in [0, 0.1) is 0 Å². The van der Waals surface area contributed by atoms with Gasteiger partial charge >= 0.3 is 0 Å². The number of unbranched alkanes of at least 4 members (excludes halogenated alkanes) is 1. The second-order valence-corrected chi connectivity index (χ2v) is 3.56. The number of rotatable bonds is 6. The number of hydrogen-bond donors (Lipinski definition) is 0. The molecule has 0 heterocycles. The van der Waals surface area contributed by atoms with Gasteiger partial charge in [0.15, 0.2) is 0 Å². The Hall–Kier alpha value is -0.950. The van der Waals surface area contributed by atoms with Crippen molar-refractivity contribution in [3.05, 3.63) is 47.7 Å². The van der Waals surface area contributed by atoms with Gasteiger partial charge in [-0.15, -0.1) is 0 Å². The Labute approximate surface area is 90.3 Å². The molecule has 0 aliphatic heterocycles. The summed E-state index contributed by atoms with van der Waals surface area (Å²) in [5.41, 5.74) is 1.33. The molecule has 0 atom stereocenters. The molecule has 0 amide bonds. The Balaban J connectivity index is 2.18. The van der Waals surface area contributed by atoms with Crippen LogP contribution < -0.4 is 0 Å². The third kappa shape index (κ3) is 4.33. The summed E-state index contributed by atoms with van der Waals surface area (Å²) in [6.45, 7) is 4.25. The smallest absolute Gasteiger partial charge is 0.0873 e. The summed E-state index contributed by atoms with van der Waals surface area (Å²) in [6.07, 6.45) is 4.77. The van der Waals surface area contributed by atoms with Crippen molar-refractivity contribution in [2.24, 2.45) is 0 Å². The van der Waals surface area contributed by atoms with Crippen LogP contribution >= 0.6 is 11.6 Å². The summed E-state index contributed by atoms with van der Waals surface area (Å²) in [5, 5.41) is 0.795. The second-order valence-electron chi connectivity index (χ2n) is 3.12. The van der Waals surface area contributed by atoms with Crippen LogP contribution in [0.1, 0.15) is 18.4 Å². The highest BCUT2D eigenvalue weighted by Gasteiger charge is 1.93. The third-order valence-electron chi connectivity index (χ3n) is 2.01. The summed E-state index contributed by atoms with van der Waals surface area (Å²) in [7, 11) is 0. The maximum atomic E-state index is 5.78. The Morgan fingerprint density at radius 2 is 1.93 bits per heavy atom. The highest BCUT2D eigenvalue weighted by molar-refractivity contribution is 6.30. The average Bonchev–Trinajstić information content (AvgIpc) is 2.21. The fraction of sp³-hybridized carbons (Fsp3) is 0.333. The van der Waals surface area contributed by atoms with Crippen molar-refractivity contribution < 1.29 is 4.74 Å². The third-order valence-corrected chi connectivity index (χ3v) is 2.26. The molecule has 0 radical (unpaired) electrons. The van der Waals surface area contributed by atoms with Crippen molar-refractivity contribution in [2.75, 3.05) is 6.61 Å². The molecule has 76 valence electrons. The molecule has 14 heavy (non-hydrogen) atoms. The van der Waals surface area contributed by atoms with Gasteiger partial charge in [-0.2, -0.15) is 0 Å². The lowest BCUT2D eigenvalue weighted by Crippen LogP contribution is -1.90. The van der Waals surface area contributed by atoms with Gasteiger partial charge in [0.05, 0.1) is 12.9 Å². The summed E-state index contributed by atoms with van der Waals surface area (Å²) in [4.78, 5) is 0. The van der Waals surface area contributed by atoms with Gasteiger partial charge in [-0.25, -0.2) is 0 Å². The predicted octanol–water partition coefficient (Wildman–Crippen LogP) is 3.82. The summed E-state index contributed by atoms with van der Waals surface area (Å²) in [5.74, 6) is 0. The average molecular weight is 211 g/mol. The summed E-state index contributed by atoms with van der Waals surface area (Å²) < 4.78 is 5.03. The van der Waals surface area contributed by atoms with Crippen molar-refractivity contribution in [3.8, 4) is 0 Å². The Morgan fingerprint density at radius 1 is 1.21 bits per heavy atom. The lowest BCUT2D eigenvalue weighted by molar-refractivity contribution is 0.243. The lowest BCUT2D eigenvalue weighted by Gasteiger charge is -2.01. The molecule has 0 spiro atoms. The van der Waals surface area contributed by atoms with Gasteiger partial charge in [0, 0.05) is 5.02 Å². The first-order valence-electron chi connectivity index (χ1n) is 4.80. The number of halogens is 1. The van der Waals surface area contributed by atoms with E-state index < -0.39 is 0 Å². The van der Waals surface area contributed by atoms with Gasteiger partial charge in [0.2, 0.25) is 0 Å². The van der Waals surface area contributed by atoms with Gasteiger partial charge in [-0.3, -0.25) is 0 Å². The van der Waals surface area contributed by atoms with E-state index in [1.54, 1.807) is 0 Å². The molecular weight excluding hydrogens is 196 g/mol. The molecule has 1 aromatic rings. The molecule has 0 bridgehead atoms. The molecule has 0 aliphatic rings. The van der Waals surface area contributed by atoms with Gasteiger partial charge < -0.3 is 4.74 Å². The number of aryl methyl sites for hydroxylation is 1. The van der Waals surface area contributed by atoms with Crippen LogP contribution in [0.3, 0.4) is 0 Å². The minimum absolute atomic E-state index is 0.761. The fourth-order valence-electron chi connectivity index (χ4n) is 1.25. The number of benzene rings is 1. The first-order chi connectivity index (χ1) is 6.83. The molecule has 0 aromatic heterocycles. The van der Waals surface area contributed by atoms with Crippen molar-refractivity contribution in [2.45, 2.75) is 19.3 Å². The summed E-state index contributed by atoms with van der Waals surface area (Å²) >= 11 is 5.78. The van der Waals surface area contributed by atoms with Gasteiger partial charge in [0.1, 0.15) is 0 Å². The van der Waals surface area contributed by atoms with Crippen molar-refractivity contribution in [1.29, 1.82) is 0 Å². The van der Waals surface area contributed by atoms with Crippen LogP contribution in [0.5, 0.6) is 0 Å². The predicted molar refractivity (Wildman–Crippen MR) is 60.5 cm³/mol. The second kappa shape index (κ2) is 6.50. The van der Waals surface area contributed by atoms with E-state index in [2.05, 4.69) is 18.7 Å². The van der Waals surface area contributed by atoms with Crippen molar-refractivity contribution in [1.82, 2.24) is 0 Å². The summed E-state index contributed by atoms with van der Waals surface area (Å²) in [6, 6.07) is 7.99. The quantitative estimate of drug-likeness (QED) is 0.512. The largest absolute Gasteiger partial charge is 0.502 e. The molecule has 0 aliphatic carbocycles. The van der Waals surface area contributed by atoms with Crippen LogP contribution in [0.15, 0.2) is 37.1 Å². The molecule has 1 rings (SSSR count). The molecule has 2 heteroatoms. The zero-order valence-corrected chi connectivity index (χ0v) is 8.96.